The highest BCUT2D eigenvalue weighted by atomic mass is 16.5. The highest BCUT2D eigenvalue weighted by Crippen LogP contribution is 2.32. The second-order valence-electron chi connectivity index (χ2n) is 7.24. The summed E-state index contributed by atoms with van der Waals surface area (Å²) in [7, 11) is 0. The fourth-order valence-electron chi connectivity index (χ4n) is 3.45. The summed E-state index contributed by atoms with van der Waals surface area (Å²) in [6.07, 6.45) is 5.20. The predicted octanol–water partition coefficient (Wildman–Crippen LogP) is 4.53. The van der Waals surface area contributed by atoms with Crippen LogP contribution in [-0.2, 0) is 5.41 Å². The summed E-state index contributed by atoms with van der Waals surface area (Å²) in [5.41, 5.74) is 1.44. The molecule has 1 fully saturated rings. The lowest BCUT2D eigenvalue weighted by molar-refractivity contribution is 0.256. The Hall–Kier alpha value is -1.02. The van der Waals surface area contributed by atoms with Crippen molar-refractivity contribution in [1.82, 2.24) is 5.32 Å². The topological polar surface area (TPSA) is 21.3 Å². The Morgan fingerprint density at radius 2 is 1.95 bits per heavy atom. The summed E-state index contributed by atoms with van der Waals surface area (Å²) in [6, 6.07) is 9.17. The molecule has 1 N–H and O–H groups in total. The number of nitrogens with one attached hydrogen (secondary N) is 1. The van der Waals surface area contributed by atoms with Crippen molar-refractivity contribution < 1.29 is 4.74 Å². The van der Waals surface area contributed by atoms with Crippen molar-refractivity contribution >= 4 is 0 Å². The van der Waals surface area contributed by atoms with Crippen molar-refractivity contribution in [3.63, 3.8) is 0 Å². The third-order valence-electron chi connectivity index (χ3n) is 4.57. The van der Waals surface area contributed by atoms with Gasteiger partial charge in [0, 0.05) is 6.04 Å². The van der Waals surface area contributed by atoms with Gasteiger partial charge in [-0.05, 0) is 48.8 Å². The van der Waals surface area contributed by atoms with E-state index in [2.05, 4.69) is 57.3 Å². The fraction of sp³-hybridized carbons (Fsp3) is 0.684. The molecule has 2 atom stereocenters. The minimum absolute atomic E-state index is 0.135. The van der Waals surface area contributed by atoms with Crippen LogP contribution in [-0.4, -0.2) is 19.2 Å². The van der Waals surface area contributed by atoms with E-state index in [0.717, 1.165) is 31.2 Å². The maximum absolute atomic E-state index is 6.12. The first-order chi connectivity index (χ1) is 10.0. The Morgan fingerprint density at radius 3 is 2.67 bits per heavy atom. The smallest absolute Gasteiger partial charge is 0.123 e. The van der Waals surface area contributed by atoms with Crippen molar-refractivity contribution in [2.45, 2.75) is 64.8 Å². The van der Waals surface area contributed by atoms with Gasteiger partial charge in [-0.15, -0.1) is 0 Å². The van der Waals surface area contributed by atoms with Gasteiger partial charge in [0.05, 0.1) is 6.61 Å². The van der Waals surface area contributed by atoms with E-state index in [9.17, 15) is 0 Å². The molecular formula is C19H31NO. The maximum atomic E-state index is 6.12. The van der Waals surface area contributed by atoms with E-state index >= 15 is 0 Å². The zero-order valence-corrected chi connectivity index (χ0v) is 14.1. The van der Waals surface area contributed by atoms with Crippen LogP contribution in [0.25, 0.3) is 0 Å². The van der Waals surface area contributed by atoms with Crippen molar-refractivity contribution in [2.75, 3.05) is 13.2 Å². The number of ether oxygens (including phenoxy) is 1. The van der Waals surface area contributed by atoms with Crippen LogP contribution in [0.4, 0.5) is 0 Å². The molecule has 0 spiro atoms. The van der Waals surface area contributed by atoms with Crippen LogP contribution < -0.4 is 10.1 Å². The van der Waals surface area contributed by atoms with Gasteiger partial charge >= 0.3 is 0 Å². The molecule has 0 aliphatic heterocycles. The Morgan fingerprint density at radius 1 is 1.19 bits per heavy atom. The van der Waals surface area contributed by atoms with E-state index in [-0.39, 0.29) is 5.41 Å². The second-order valence-corrected chi connectivity index (χ2v) is 7.24. The van der Waals surface area contributed by atoms with Crippen molar-refractivity contribution in [3.8, 4) is 5.75 Å². The number of para-hydroxylation sites is 1. The van der Waals surface area contributed by atoms with E-state index in [0.29, 0.717) is 6.04 Å². The molecule has 0 saturated heterocycles. The SMILES string of the molecule is CCNC1CCCC1CCOc1ccccc1C(C)(C)C. The quantitative estimate of drug-likeness (QED) is 0.830. The molecule has 0 radical (unpaired) electrons. The molecule has 0 amide bonds. The third-order valence-corrected chi connectivity index (χ3v) is 4.57. The average molecular weight is 289 g/mol. The molecule has 0 aromatic heterocycles. The predicted molar refractivity (Wildman–Crippen MR) is 90.1 cm³/mol. The lowest BCUT2D eigenvalue weighted by atomic mass is 9.86. The van der Waals surface area contributed by atoms with Gasteiger partial charge in [0.2, 0.25) is 0 Å². The molecule has 118 valence electrons. The summed E-state index contributed by atoms with van der Waals surface area (Å²) in [5, 5.41) is 3.62. The molecule has 1 aliphatic carbocycles. The number of hydrogen-bond acceptors (Lipinski definition) is 2. The first kappa shape index (κ1) is 16.4. The van der Waals surface area contributed by atoms with Crippen LogP contribution in [0, 0.1) is 5.92 Å². The van der Waals surface area contributed by atoms with Crippen LogP contribution in [0.2, 0.25) is 0 Å². The van der Waals surface area contributed by atoms with Gasteiger partial charge in [0.25, 0.3) is 0 Å². The van der Waals surface area contributed by atoms with Gasteiger partial charge < -0.3 is 10.1 Å². The van der Waals surface area contributed by atoms with Crippen LogP contribution in [0.3, 0.4) is 0 Å². The highest BCUT2D eigenvalue weighted by molar-refractivity contribution is 5.38. The van der Waals surface area contributed by atoms with E-state index in [1.165, 1.54) is 24.8 Å². The third kappa shape index (κ3) is 4.47. The zero-order valence-electron chi connectivity index (χ0n) is 14.1. The molecule has 1 aromatic carbocycles. The van der Waals surface area contributed by atoms with Crippen LogP contribution in [0.1, 0.15) is 58.9 Å². The number of benzene rings is 1. The van der Waals surface area contributed by atoms with E-state index in [1.807, 2.05) is 0 Å². The Kier molecular flexibility index (Phi) is 5.69. The summed E-state index contributed by atoms with van der Waals surface area (Å²) in [6.45, 7) is 10.8. The van der Waals surface area contributed by atoms with Crippen LogP contribution >= 0.6 is 0 Å². The monoisotopic (exact) mass is 289 g/mol. The standard InChI is InChI=1S/C19H31NO/c1-5-20-17-11-8-9-15(17)13-14-21-18-12-7-6-10-16(18)19(2,3)4/h6-7,10,12,15,17,20H,5,8-9,11,13-14H2,1-4H3. The van der Waals surface area contributed by atoms with Crippen molar-refractivity contribution in [2.24, 2.45) is 5.92 Å². The lowest BCUT2D eigenvalue weighted by Gasteiger charge is -2.24. The van der Waals surface area contributed by atoms with Gasteiger partial charge in [0.15, 0.2) is 0 Å². The first-order valence-electron chi connectivity index (χ1n) is 8.48. The minimum Gasteiger partial charge on any atom is -0.493 e. The maximum Gasteiger partial charge on any atom is 0.123 e. The Labute approximate surface area is 130 Å². The molecule has 0 bridgehead atoms. The van der Waals surface area contributed by atoms with Gasteiger partial charge in [-0.3, -0.25) is 0 Å². The molecule has 21 heavy (non-hydrogen) atoms. The number of hydrogen-bond donors (Lipinski definition) is 1. The van der Waals surface area contributed by atoms with E-state index in [4.69, 9.17) is 4.74 Å². The molecule has 1 aromatic rings. The highest BCUT2D eigenvalue weighted by Gasteiger charge is 2.26. The zero-order chi connectivity index (χ0) is 15.3. The van der Waals surface area contributed by atoms with Crippen LogP contribution in [0.15, 0.2) is 24.3 Å². The van der Waals surface area contributed by atoms with Crippen molar-refractivity contribution in [1.29, 1.82) is 0 Å². The average Bonchev–Trinajstić information content (AvgIpc) is 2.86. The minimum atomic E-state index is 0.135. The molecule has 2 unspecified atom stereocenters. The molecular weight excluding hydrogens is 258 g/mol. The number of rotatable bonds is 6. The Bertz CT molecular complexity index is 435. The van der Waals surface area contributed by atoms with Crippen LogP contribution in [0.5, 0.6) is 5.75 Å². The summed E-state index contributed by atoms with van der Waals surface area (Å²) in [4.78, 5) is 0. The van der Waals surface area contributed by atoms with Gasteiger partial charge in [-0.25, -0.2) is 0 Å². The summed E-state index contributed by atoms with van der Waals surface area (Å²) >= 11 is 0. The molecule has 1 saturated carbocycles. The lowest BCUT2D eigenvalue weighted by Crippen LogP contribution is -2.32. The van der Waals surface area contributed by atoms with Gasteiger partial charge in [0.1, 0.15) is 5.75 Å². The molecule has 1 aliphatic rings. The normalized spacial score (nSPS) is 22.5. The fourth-order valence-corrected chi connectivity index (χ4v) is 3.45. The van der Waals surface area contributed by atoms with E-state index in [1.54, 1.807) is 0 Å². The summed E-state index contributed by atoms with van der Waals surface area (Å²) in [5.74, 6) is 1.84. The Balaban J connectivity index is 1.89. The molecule has 2 nitrogen and oxygen atoms in total. The van der Waals surface area contributed by atoms with E-state index < -0.39 is 0 Å². The molecule has 0 heterocycles. The molecule has 2 heteroatoms. The van der Waals surface area contributed by atoms with Gasteiger partial charge in [-0.1, -0.05) is 52.3 Å². The second kappa shape index (κ2) is 7.31. The molecule has 2 rings (SSSR count). The summed E-state index contributed by atoms with van der Waals surface area (Å²) < 4.78 is 6.12. The van der Waals surface area contributed by atoms with Crippen molar-refractivity contribution in [3.05, 3.63) is 29.8 Å². The largest absolute Gasteiger partial charge is 0.493 e. The van der Waals surface area contributed by atoms with Gasteiger partial charge in [-0.2, -0.15) is 0 Å². The first-order valence-corrected chi connectivity index (χ1v) is 8.48.